The molecule has 1 atom stereocenters. The van der Waals surface area contributed by atoms with Crippen molar-refractivity contribution in [3.8, 4) is 0 Å². The first-order valence-electron chi connectivity index (χ1n) is 13.8. The first kappa shape index (κ1) is 26.9. The average Bonchev–Trinajstić information content (AvgIpc) is 3.29. The summed E-state index contributed by atoms with van der Waals surface area (Å²) in [6.45, 7) is 3.13. The molecule has 1 aromatic carbocycles. The summed E-state index contributed by atoms with van der Waals surface area (Å²) >= 11 is 0. The summed E-state index contributed by atoms with van der Waals surface area (Å²) in [5.41, 5.74) is 3.00. The van der Waals surface area contributed by atoms with Gasteiger partial charge in [-0.1, -0.05) is 95.8 Å². The van der Waals surface area contributed by atoms with Gasteiger partial charge in [-0.3, -0.25) is 9.78 Å². The lowest BCUT2D eigenvalue weighted by atomic mass is 10.0. The summed E-state index contributed by atoms with van der Waals surface area (Å²) in [6.07, 6.45) is 22.1. The second-order valence-corrected chi connectivity index (χ2v) is 9.69. The summed E-state index contributed by atoms with van der Waals surface area (Å²) in [6, 6.07) is 11.7. The van der Waals surface area contributed by atoms with Gasteiger partial charge in [-0.25, -0.2) is 0 Å². The number of unbranched alkanes of at least 4 members (excludes halogenated alkanes) is 11. The SMILES string of the molecule is CCCCCCCCCCCCCCN[C@@H](Cc1c[nH]c2ccccc12)C(=O)Nc1cccnc1. The van der Waals surface area contributed by atoms with Crippen molar-refractivity contribution in [2.75, 3.05) is 11.9 Å². The Bertz CT molecular complexity index is 969. The van der Waals surface area contributed by atoms with Gasteiger partial charge in [0.15, 0.2) is 0 Å². The molecule has 3 rings (SSSR count). The summed E-state index contributed by atoms with van der Waals surface area (Å²) in [5, 5.41) is 7.74. The molecule has 0 saturated heterocycles. The topological polar surface area (TPSA) is 69.8 Å². The molecule has 0 bridgehead atoms. The van der Waals surface area contributed by atoms with Gasteiger partial charge in [0.05, 0.1) is 17.9 Å². The minimum atomic E-state index is -0.290. The van der Waals surface area contributed by atoms with E-state index < -0.39 is 0 Å². The first-order chi connectivity index (χ1) is 17.3. The van der Waals surface area contributed by atoms with Gasteiger partial charge in [-0.15, -0.1) is 0 Å². The number of amides is 1. The molecular formula is C30H44N4O. The molecule has 35 heavy (non-hydrogen) atoms. The third-order valence-electron chi connectivity index (χ3n) is 6.77. The Balaban J connectivity index is 1.39. The minimum Gasteiger partial charge on any atom is -0.361 e. The summed E-state index contributed by atoms with van der Waals surface area (Å²) in [4.78, 5) is 20.6. The molecule has 190 valence electrons. The summed E-state index contributed by atoms with van der Waals surface area (Å²) < 4.78 is 0. The van der Waals surface area contributed by atoms with Gasteiger partial charge in [-0.2, -0.15) is 0 Å². The molecule has 3 N–H and O–H groups in total. The van der Waals surface area contributed by atoms with Crippen molar-refractivity contribution in [1.82, 2.24) is 15.3 Å². The van der Waals surface area contributed by atoms with E-state index in [1.165, 1.54) is 76.0 Å². The zero-order chi connectivity index (χ0) is 24.6. The molecule has 5 nitrogen and oxygen atoms in total. The molecule has 0 fully saturated rings. The number of nitrogens with one attached hydrogen (secondary N) is 3. The van der Waals surface area contributed by atoms with Crippen LogP contribution < -0.4 is 10.6 Å². The zero-order valence-corrected chi connectivity index (χ0v) is 21.5. The van der Waals surface area contributed by atoms with E-state index in [1.807, 2.05) is 30.5 Å². The number of benzene rings is 1. The number of para-hydroxylation sites is 1. The van der Waals surface area contributed by atoms with Gasteiger partial charge < -0.3 is 15.6 Å². The third-order valence-corrected chi connectivity index (χ3v) is 6.77. The predicted molar refractivity (Wildman–Crippen MR) is 148 cm³/mol. The summed E-state index contributed by atoms with van der Waals surface area (Å²) in [5.74, 6) is -0.0118. The number of anilines is 1. The van der Waals surface area contributed by atoms with Crippen LogP contribution in [-0.4, -0.2) is 28.5 Å². The quantitative estimate of drug-likeness (QED) is 0.167. The van der Waals surface area contributed by atoms with Gasteiger partial charge in [0, 0.05) is 23.3 Å². The van der Waals surface area contributed by atoms with Crippen LogP contribution in [0.15, 0.2) is 55.0 Å². The highest BCUT2D eigenvalue weighted by molar-refractivity contribution is 5.95. The van der Waals surface area contributed by atoms with Crippen LogP contribution in [0.1, 0.15) is 89.5 Å². The maximum absolute atomic E-state index is 13.1. The number of hydrogen-bond donors (Lipinski definition) is 3. The molecule has 0 aliphatic heterocycles. The molecule has 3 aromatic rings. The lowest BCUT2D eigenvalue weighted by Crippen LogP contribution is -2.42. The Hall–Kier alpha value is -2.66. The zero-order valence-electron chi connectivity index (χ0n) is 21.5. The molecule has 0 spiro atoms. The minimum absolute atomic E-state index is 0.0118. The Morgan fingerprint density at radius 1 is 0.886 bits per heavy atom. The summed E-state index contributed by atoms with van der Waals surface area (Å²) in [7, 11) is 0. The van der Waals surface area contributed by atoms with E-state index in [9.17, 15) is 4.79 Å². The van der Waals surface area contributed by atoms with Gasteiger partial charge >= 0.3 is 0 Å². The molecule has 2 heterocycles. The molecule has 5 heteroatoms. The Labute approximate surface area is 211 Å². The highest BCUT2D eigenvalue weighted by atomic mass is 16.2. The first-order valence-corrected chi connectivity index (χ1v) is 13.8. The lowest BCUT2D eigenvalue weighted by Gasteiger charge is -2.18. The number of hydrogen-bond acceptors (Lipinski definition) is 3. The van der Waals surface area contributed by atoms with Crippen LogP contribution in [-0.2, 0) is 11.2 Å². The molecular weight excluding hydrogens is 432 g/mol. The van der Waals surface area contributed by atoms with Crippen LogP contribution in [0.4, 0.5) is 5.69 Å². The largest absolute Gasteiger partial charge is 0.361 e. The molecule has 0 saturated carbocycles. The fraction of sp³-hybridized carbons (Fsp3) is 0.533. The van der Waals surface area contributed by atoms with E-state index in [1.54, 1.807) is 12.4 Å². The molecule has 0 unspecified atom stereocenters. The van der Waals surface area contributed by atoms with Gasteiger partial charge in [0.1, 0.15) is 0 Å². The highest BCUT2D eigenvalue weighted by Gasteiger charge is 2.20. The predicted octanol–water partition coefficient (Wildman–Crippen LogP) is 7.40. The molecule has 0 aliphatic carbocycles. The second kappa shape index (κ2) is 16.1. The second-order valence-electron chi connectivity index (χ2n) is 9.69. The van der Waals surface area contributed by atoms with Gasteiger partial charge in [0.25, 0.3) is 0 Å². The average molecular weight is 477 g/mol. The van der Waals surface area contributed by atoms with E-state index in [0.717, 1.165) is 29.7 Å². The number of pyridine rings is 1. The van der Waals surface area contributed by atoms with Crippen LogP contribution >= 0.6 is 0 Å². The normalized spacial score (nSPS) is 12.1. The lowest BCUT2D eigenvalue weighted by molar-refractivity contribution is -0.118. The van der Waals surface area contributed by atoms with Crippen molar-refractivity contribution in [3.05, 3.63) is 60.6 Å². The number of aromatic amines is 1. The van der Waals surface area contributed by atoms with E-state index in [2.05, 4.69) is 39.7 Å². The van der Waals surface area contributed by atoms with Crippen LogP contribution in [0.25, 0.3) is 10.9 Å². The maximum atomic E-state index is 13.1. The molecule has 2 aromatic heterocycles. The molecule has 1 amide bonds. The Morgan fingerprint density at radius 2 is 1.57 bits per heavy atom. The van der Waals surface area contributed by atoms with Crippen molar-refractivity contribution in [2.45, 2.75) is 96.4 Å². The van der Waals surface area contributed by atoms with Crippen LogP contribution in [0.2, 0.25) is 0 Å². The number of carbonyl (C=O) groups excluding carboxylic acids is 1. The van der Waals surface area contributed by atoms with Crippen LogP contribution in [0, 0.1) is 0 Å². The smallest absolute Gasteiger partial charge is 0.241 e. The number of carbonyl (C=O) groups is 1. The number of fused-ring (bicyclic) bond motifs is 1. The fourth-order valence-electron chi connectivity index (χ4n) is 4.69. The number of nitrogens with zero attached hydrogens (tertiary/aromatic N) is 1. The van der Waals surface area contributed by atoms with Crippen molar-refractivity contribution in [1.29, 1.82) is 0 Å². The van der Waals surface area contributed by atoms with Crippen molar-refractivity contribution in [3.63, 3.8) is 0 Å². The number of rotatable bonds is 18. The van der Waals surface area contributed by atoms with Gasteiger partial charge in [-0.05, 0) is 43.1 Å². The van der Waals surface area contributed by atoms with Crippen LogP contribution in [0.5, 0.6) is 0 Å². The standard InChI is InChI=1S/C30H44N4O/c1-2-3-4-5-6-7-8-9-10-11-12-15-21-32-29(30(35)34-26-17-16-20-31-24-26)22-25-23-33-28-19-14-13-18-27(25)28/h13-14,16-20,23-24,29,32-33H,2-12,15,21-22H2,1H3,(H,34,35)/t29-/m0/s1. The monoisotopic (exact) mass is 476 g/mol. The Kier molecular flexibility index (Phi) is 12.4. The molecule has 0 aliphatic rings. The van der Waals surface area contributed by atoms with Crippen molar-refractivity contribution in [2.24, 2.45) is 0 Å². The highest BCUT2D eigenvalue weighted by Crippen LogP contribution is 2.20. The van der Waals surface area contributed by atoms with E-state index in [0.29, 0.717) is 6.42 Å². The van der Waals surface area contributed by atoms with E-state index in [-0.39, 0.29) is 11.9 Å². The fourth-order valence-corrected chi connectivity index (χ4v) is 4.69. The maximum Gasteiger partial charge on any atom is 0.241 e. The van der Waals surface area contributed by atoms with E-state index in [4.69, 9.17) is 0 Å². The number of aromatic nitrogens is 2. The van der Waals surface area contributed by atoms with Crippen molar-refractivity contribution < 1.29 is 4.79 Å². The Morgan fingerprint density at radius 3 is 2.26 bits per heavy atom. The van der Waals surface area contributed by atoms with E-state index >= 15 is 0 Å². The number of H-pyrrole nitrogens is 1. The van der Waals surface area contributed by atoms with Crippen molar-refractivity contribution >= 4 is 22.5 Å². The van der Waals surface area contributed by atoms with Crippen LogP contribution in [0.3, 0.4) is 0 Å². The molecule has 0 radical (unpaired) electrons. The van der Waals surface area contributed by atoms with Gasteiger partial charge in [0.2, 0.25) is 5.91 Å². The third kappa shape index (κ3) is 9.85.